The molecule has 2 amide bonds. The summed E-state index contributed by atoms with van der Waals surface area (Å²) in [4.78, 5) is 16.9. The third kappa shape index (κ3) is 3.22. The van der Waals surface area contributed by atoms with Gasteiger partial charge in [0.25, 0.3) is 0 Å². The van der Waals surface area contributed by atoms with Crippen molar-refractivity contribution in [2.24, 2.45) is 5.92 Å². The Hall–Kier alpha value is -0.770. The molecule has 0 aromatic rings. The van der Waals surface area contributed by atoms with Crippen LogP contribution in [0.4, 0.5) is 4.79 Å². The fraction of sp³-hybridized carbons (Fsp3) is 0.933. The van der Waals surface area contributed by atoms with Crippen molar-refractivity contribution in [1.82, 2.24) is 15.1 Å². The van der Waals surface area contributed by atoms with E-state index in [2.05, 4.69) is 31.0 Å². The molecule has 0 bridgehead atoms. The summed E-state index contributed by atoms with van der Waals surface area (Å²) in [6, 6.07) is 1.05. The number of hydrogen-bond donors (Lipinski definition) is 1. The Balaban J connectivity index is 2.02. The van der Waals surface area contributed by atoms with Gasteiger partial charge in [0.15, 0.2) is 0 Å². The molecular formula is C15H29N3O. The highest BCUT2D eigenvalue weighted by molar-refractivity contribution is 5.75. The lowest BCUT2D eigenvalue weighted by Crippen LogP contribution is -2.51. The molecule has 0 aliphatic carbocycles. The van der Waals surface area contributed by atoms with Crippen LogP contribution in [0.2, 0.25) is 0 Å². The molecule has 1 atom stereocenters. The van der Waals surface area contributed by atoms with Gasteiger partial charge in [0, 0.05) is 25.2 Å². The van der Waals surface area contributed by atoms with Crippen LogP contribution in [0.15, 0.2) is 0 Å². The third-order valence-corrected chi connectivity index (χ3v) is 4.68. The van der Waals surface area contributed by atoms with Crippen LogP contribution < -0.4 is 5.32 Å². The molecule has 4 nitrogen and oxygen atoms in total. The molecule has 0 spiro atoms. The Morgan fingerprint density at radius 2 is 2.00 bits per heavy atom. The second-order valence-corrected chi connectivity index (χ2v) is 6.15. The standard InChI is InChI=1S/C15H29N3O/c1-4-17(12(2)3)15(19)18-11-5-6-14(18)13-7-9-16-10-8-13/h12-14,16H,4-11H2,1-3H3/t14-/m0/s1. The van der Waals surface area contributed by atoms with E-state index in [4.69, 9.17) is 0 Å². The van der Waals surface area contributed by atoms with Crippen LogP contribution in [-0.4, -0.2) is 54.1 Å². The highest BCUT2D eigenvalue weighted by atomic mass is 16.2. The van der Waals surface area contributed by atoms with Crippen LogP contribution in [0.1, 0.15) is 46.5 Å². The van der Waals surface area contributed by atoms with E-state index in [9.17, 15) is 4.79 Å². The van der Waals surface area contributed by atoms with Crippen molar-refractivity contribution in [3.63, 3.8) is 0 Å². The van der Waals surface area contributed by atoms with Crippen LogP contribution >= 0.6 is 0 Å². The zero-order valence-corrected chi connectivity index (χ0v) is 12.7. The Morgan fingerprint density at radius 1 is 1.32 bits per heavy atom. The maximum Gasteiger partial charge on any atom is 0.320 e. The first-order valence-corrected chi connectivity index (χ1v) is 7.93. The summed E-state index contributed by atoms with van der Waals surface area (Å²) in [5.74, 6) is 0.707. The van der Waals surface area contributed by atoms with Crippen molar-refractivity contribution >= 4 is 6.03 Å². The van der Waals surface area contributed by atoms with Gasteiger partial charge in [0.05, 0.1) is 0 Å². The first-order chi connectivity index (χ1) is 9.15. The summed E-state index contributed by atoms with van der Waals surface area (Å²) >= 11 is 0. The number of nitrogens with one attached hydrogen (secondary N) is 1. The molecular weight excluding hydrogens is 238 g/mol. The SMILES string of the molecule is CCN(C(=O)N1CCC[C@H]1C1CCNCC1)C(C)C. The van der Waals surface area contributed by atoms with Gasteiger partial charge >= 0.3 is 6.03 Å². The normalized spacial score (nSPS) is 25.1. The molecule has 0 unspecified atom stereocenters. The van der Waals surface area contributed by atoms with Gasteiger partial charge in [0.2, 0.25) is 0 Å². The maximum atomic E-state index is 12.7. The monoisotopic (exact) mass is 267 g/mol. The molecule has 0 aromatic carbocycles. The van der Waals surface area contributed by atoms with Gasteiger partial charge < -0.3 is 15.1 Å². The van der Waals surface area contributed by atoms with E-state index in [0.29, 0.717) is 18.0 Å². The van der Waals surface area contributed by atoms with Crippen molar-refractivity contribution in [2.75, 3.05) is 26.2 Å². The Labute approximate surface area is 117 Å². The van der Waals surface area contributed by atoms with E-state index in [0.717, 1.165) is 26.2 Å². The lowest BCUT2D eigenvalue weighted by atomic mass is 9.89. The molecule has 1 N–H and O–H groups in total. The van der Waals surface area contributed by atoms with Crippen LogP contribution in [0, 0.1) is 5.92 Å². The van der Waals surface area contributed by atoms with Gasteiger partial charge in [-0.1, -0.05) is 0 Å². The molecule has 2 saturated heterocycles. The lowest BCUT2D eigenvalue weighted by Gasteiger charge is -2.38. The predicted molar refractivity (Wildman–Crippen MR) is 78.2 cm³/mol. The number of piperidine rings is 1. The van der Waals surface area contributed by atoms with E-state index >= 15 is 0 Å². The number of urea groups is 1. The number of nitrogens with zero attached hydrogens (tertiary/aromatic N) is 2. The van der Waals surface area contributed by atoms with Crippen LogP contribution in [0.5, 0.6) is 0 Å². The smallest absolute Gasteiger partial charge is 0.320 e. The first kappa shape index (κ1) is 14.6. The quantitative estimate of drug-likeness (QED) is 0.851. The van der Waals surface area contributed by atoms with Crippen LogP contribution in [-0.2, 0) is 0 Å². The number of carbonyl (C=O) groups is 1. The molecule has 2 fully saturated rings. The van der Waals surface area contributed by atoms with E-state index in [1.54, 1.807) is 0 Å². The van der Waals surface area contributed by atoms with Gasteiger partial charge in [0.1, 0.15) is 0 Å². The topological polar surface area (TPSA) is 35.6 Å². The van der Waals surface area contributed by atoms with E-state index in [1.165, 1.54) is 25.7 Å². The first-order valence-electron chi connectivity index (χ1n) is 7.93. The Bertz CT molecular complexity index is 300. The minimum Gasteiger partial charge on any atom is -0.323 e. The predicted octanol–water partition coefficient (Wildman–Crippen LogP) is 2.30. The molecule has 0 radical (unpaired) electrons. The van der Waals surface area contributed by atoms with Gasteiger partial charge in [-0.15, -0.1) is 0 Å². The zero-order valence-electron chi connectivity index (χ0n) is 12.7. The number of likely N-dealkylation sites (tertiary alicyclic amines) is 1. The Morgan fingerprint density at radius 3 is 2.58 bits per heavy atom. The largest absolute Gasteiger partial charge is 0.323 e. The molecule has 2 aliphatic rings. The lowest BCUT2D eigenvalue weighted by molar-refractivity contribution is 0.117. The average molecular weight is 267 g/mol. The van der Waals surface area contributed by atoms with Crippen molar-refractivity contribution in [3.05, 3.63) is 0 Å². The fourth-order valence-corrected chi connectivity index (χ4v) is 3.64. The van der Waals surface area contributed by atoms with E-state index in [1.807, 2.05) is 4.90 Å². The van der Waals surface area contributed by atoms with Crippen molar-refractivity contribution in [2.45, 2.75) is 58.5 Å². The molecule has 2 heterocycles. The molecule has 0 aromatic heterocycles. The van der Waals surface area contributed by atoms with Gasteiger partial charge in [-0.25, -0.2) is 4.79 Å². The number of carbonyl (C=O) groups excluding carboxylic acids is 1. The minimum absolute atomic E-state index is 0.263. The molecule has 110 valence electrons. The third-order valence-electron chi connectivity index (χ3n) is 4.68. The van der Waals surface area contributed by atoms with Crippen molar-refractivity contribution in [1.29, 1.82) is 0 Å². The maximum absolute atomic E-state index is 12.7. The summed E-state index contributed by atoms with van der Waals surface area (Å²) < 4.78 is 0. The molecule has 4 heteroatoms. The fourth-order valence-electron chi connectivity index (χ4n) is 3.64. The molecule has 2 rings (SSSR count). The Kier molecular flexibility index (Phi) is 5.08. The molecule has 0 saturated carbocycles. The van der Waals surface area contributed by atoms with Crippen LogP contribution in [0.25, 0.3) is 0 Å². The molecule has 19 heavy (non-hydrogen) atoms. The average Bonchev–Trinajstić information content (AvgIpc) is 2.89. The van der Waals surface area contributed by atoms with E-state index < -0.39 is 0 Å². The second-order valence-electron chi connectivity index (χ2n) is 6.15. The number of rotatable bonds is 3. The molecule has 2 aliphatic heterocycles. The second kappa shape index (κ2) is 6.60. The summed E-state index contributed by atoms with van der Waals surface area (Å²) in [5.41, 5.74) is 0. The van der Waals surface area contributed by atoms with Crippen LogP contribution in [0.3, 0.4) is 0 Å². The van der Waals surface area contributed by atoms with Gasteiger partial charge in [-0.2, -0.15) is 0 Å². The zero-order chi connectivity index (χ0) is 13.8. The van der Waals surface area contributed by atoms with E-state index in [-0.39, 0.29) is 6.03 Å². The van der Waals surface area contributed by atoms with Gasteiger partial charge in [-0.05, 0) is 65.5 Å². The summed E-state index contributed by atoms with van der Waals surface area (Å²) in [6.07, 6.45) is 4.83. The summed E-state index contributed by atoms with van der Waals surface area (Å²) in [5, 5.41) is 3.42. The minimum atomic E-state index is 0.263. The van der Waals surface area contributed by atoms with Crippen molar-refractivity contribution in [3.8, 4) is 0 Å². The number of hydrogen-bond acceptors (Lipinski definition) is 2. The number of amides is 2. The van der Waals surface area contributed by atoms with Gasteiger partial charge in [-0.3, -0.25) is 0 Å². The summed E-state index contributed by atoms with van der Waals surface area (Å²) in [7, 11) is 0. The highest BCUT2D eigenvalue weighted by Crippen LogP contribution is 2.30. The van der Waals surface area contributed by atoms with Crippen molar-refractivity contribution < 1.29 is 4.79 Å². The summed E-state index contributed by atoms with van der Waals surface area (Å²) in [6.45, 7) is 10.3. The highest BCUT2D eigenvalue weighted by Gasteiger charge is 2.37.